The molecule has 0 unspecified atom stereocenters. The van der Waals surface area contributed by atoms with Gasteiger partial charge in [-0.15, -0.1) is 0 Å². The van der Waals surface area contributed by atoms with Crippen LogP contribution in [-0.2, 0) is 0 Å². The molecular weight excluding hydrogens is 245 g/mol. The summed E-state index contributed by atoms with van der Waals surface area (Å²) in [6, 6.07) is 5.54. The van der Waals surface area contributed by atoms with Crippen LogP contribution >= 0.6 is 0 Å². The Morgan fingerprint density at radius 1 is 1.32 bits per heavy atom. The van der Waals surface area contributed by atoms with Gasteiger partial charge in [0.1, 0.15) is 5.82 Å². The van der Waals surface area contributed by atoms with Crippen LogP contribution < -0.4 is 10.6 Å². The van der Waals surface area contributed by atoms with E-state index >= 15 is 0 Å². The molecule has 1 aromatic carbocycles. The highest BCUT2D eigenvalue weighted by Crippen LogP contribution is 2.08. The van der Waals surface area contributed by atoms with E-state index in [0.717, 1.165) is 26.1 Å². The summed E-state index contributed by atoms with van der Waals surface area (Å²) in [7, 11) is 0. The SMILES string of the molecule is CCN(CC)CCCNC(=O)Nc1cccc(F)c1. The monoisotopic (exact) mass is 267 g/mol. The Kier molecular flexibility index (Phi) is 6.89. The molecular formula is C14H22FN3O. The van der Waals surface area contributed by atoms with Crippen molar-refractivity contribution in [3.8, 4) is 0 Å². The molecule has 2 amide bonds. The first-order valence-corrected chi connectivity index (χ1v) is 6.68. The van der Waals surface area contributed by atoms with E-state index in [1.165, 1.54) is 12.1 Å². The molecule has 1 rings (SSSR count). The van der Waals surface area contributed by atoms with Crippen molar-refractivity contribution in [1.29, 1.82) is 0 Å². The Balaban J connectivity index is 2.21. The van der Waals surface area contributed by atoms with Gasteiger partial charge in [0, 0.05) is 12.2 Å². The molecule has 0 aliphatic rings. The number of benzene rings is 1. The molecule has 0 aliphatic heterocycles. The van der Waals surface area contributed by atoms with Crippen molar-refractivity contribution in [2.45, 2.75) is 20.3 Å². The van der Waals surface area contributed by atoms with Crippen LogP contribution in [0.15, 0.2) is 24.3 Å². The fourth-order valence-corrected chi connectivity index (χ4v) is 1.79. The van der Waals surface area contributed by atoms with Crippen molar-refractivity contribution >= 4 is 11.7 Å². The molecule has 2 N–H and O–H groups in total. The lowest BCUT2D eigenvalue weighted by Gasteiger charge is -2.17. The molecule has 0 fully saturated rings. The maximum atomic E-state index is 12.9. The van der Waals surface area contributed by atoms with Crippen LogP contribution in [0.3, 0.4) is 0 Å². The Hall–Kier alpha value is -1.62. The van der Waals surface area contributed by atoms with Crippen LogP contribution in [0.2, 0.25) is 0 Å². The van der Waals surface area contributed by atoms with Crippen molar-refractivity contribution in [3.63, 3.8) is 0 Å². The van der Waals surface area contributed by atoms with Crippen molar-refractivity contribution in [2.24, 2.45) is 0 Å². The lowest BCUT2D eigenvalue weighted by atomic mass is 10.3. The van der Waals surface area contributed by atoms with Gasteiger partial charge in [0.05, 0.1) is 0 Å². The standard InChI is InChI=1S/C14H22FN3O/c1-3-18(4-2)10-6-9-16-14(19)17-13-8-5-7-12(15)11-13/h5,7-8,11H,3-4,6,9-10H2,1-2H3,(H2,16,17,19). The van der Waals surface area contributed by atoms with E-state index in [9.17, 15) is 9.18 Å². The van der Waals surface area contributed by atoms with E-state index in [0.29, 0.717) is 12.2 Å². The number of nitrogens with one attached hydrogen (secondary N) is 2. The molecule has 106 valence electrons. The summed E-state index contributed by atoms with van der Waals surface area (Å²) in [4.78, 5) is 13.8. The third-order valence-corrected chi connectivity index (χ3v) is 2.91. The fourth-order valence-electron chi connectivity index (χ4n) is 1.79. The fraction of sp³-hybridized carbons (Fsp3) is 0.500. The van der Waals surface area contributed by atoms with E-state index < -0.39 is 0 Å². The van der Waals surface area contributed by atoms with Gasteiger partial charge in [0.2, 0.25) is 0 Å². The Morgan fingerprint density at radius 2 is 2.05 bits per heavy atom. The van der Waals surface area contributed by atoms with Crippen molar-refractivity contribution in [1.82, 2.24) is 10.2 Å². The molecule has 0 radical (unpaired) electrons. The lowest BCUT2D eigenvalue weighted by molar-refractivity contribution is 0.250. The van der Waals surface area contributed by atoms with Crippen LogP contribution in [-0.4, -0.2) is 37.1 Å². The van der Waals surface area contributed by atoms with Crippen LogP contribution in [0, 0.1) is 5.82 Å². The average Bonchev–Trinajstić information content (AvgIpc) is 2.39. The van der Waals surface area contributed by atoms with Gasteiger partial charge < -0.3 is 15.5 Å². The second-order valence-electron chi connectivity index (χ2n) is 4.27. The van der Waals surface area contributed by atoms with Crippen molar-refractivity contribution in [3.05, 3.63) is 30.1 Å². The lowest BCUT2D eigenvalue weighted by Crippen LogP contribution is -2.32. The minimum Gasteiger partial charge on any atom is -0.338 e. The summed E-state index contributed by atoms with van der Waals surface area (Å²) in [5, 5.41) is 5.35. The predicted molar refractivity (Wildman–Crippen MR) is 75.8 cm³/mol. The molecule has 19 heavy (non-hydrogen) atoms. The number of rotatable bonds is 7. The average molecular weight is 267 g/mol. The summed E-state index contributed by atoms with van der Waals surface area (Å²) in [5.74, 6) is -0.362. The normalized spacial score (nSPS) is 10.5. The molecule has 4 nitrogen and oxygen atoms in total. The zero-order valence-electron chi connectivity index (χ0n) is 11.6. The summed E-state index contributed by atoms with van der Waals surface area (Å²) in [5.41, 5.74) is 0.459. The van der Waals surface area contributed by atoms with Crippen LogP contribution in [0.25, 0.3) is 0 Å². The minimum absolute atomic E-state index is 0.301. The Labute approximate surface area is 114 Å². The number of urea groups is 1. The number of halogens is 1. The second-order valence-corrected chi connectivity index (χ2v) is 4.27. The molecule has 0 aliphatic carbocycles. The summed E-state index contributed by atoms with van der Waals surface area (Å²) >= 11 is 0. The topological polar surface area (TPSA) is 44.4 Å². The van der Waals surface area contributed by atoms with Crippen LogP contribution in [0.1, 0.15) is 20.3 Å². The zero-order chi connectivity index (χ0) is 14.1. The number of amides is 2. The molecule has 1 aromatic rings. The number of hydrogen-bond acceptors (Lipinski definition) is 2. The molecule has 0 spiro atoms. The highest BCUT2D eigenvalue weighted by molar-refractivity contribution is 5.89. The smallest absolute Gasteiger partial charge is 0.319 e. The van der Waals surface area contributed by atoms with Gasteiger partial charge in [0.25, 0.3) is 0 Å². The van der Waals surface area contributed by atoms with E-state index in [-0.39, 0.29) is 11.8 Å². The number of carbonyl (C=O) groups excluding carboxylic acids is 1. The van der Waals surface area contributed by atoms with Gasteiger partial charge in [-0.3, -0.25) is 0 Å². The first-order valence-electron chi connectivity index (χ1n) is 6.68. The van der Waals surface area contributed by atoms with Gasteiger partial charge >= 0.3 is 6.03 Å². The molecule has 5 heteroatoms. The van der Waals surface area contributed by atoms with E-state index in [1.807, 2.05) is 0 Å². The number of carbonyl (C=O) groups is 1. The minimum atomic E-state index is -0.362. The number of anilines is 1. The number of nitrogens with zero attached hydrogens (tertiary/aromatic N) is 1. The van der Waals surface area contributed by atoms with Crippen molar-refractivity contribution < 1.29 is 9.18 Å². The summed E-state index contributed by atoms with van der Waals surface area (Å²) in [6.45, 7) is 7.85. The van der Waals surface area contributed by atoms with E-state index in [2.05, 4.69) is 29.4 Å². The maximum Gasteiger partial charge on any atom is 0.319 e. The molecule has 0 bridgehead atoms. The van der Waals surface area contributed by atoms with E-state index in [4.69, 9.17) is 0 Å². The molecule has 0 saturated heterocycles. The van der Waals surface area contributed by atoms with Crippen LogP contribution in [0.5, 0.6) is 0 Å². The zero-order valence-corrected chi connectivity index (χ0v) is 11.6. The highest BCUT2D eigenvalue weighted by Gasteiger charge is 2.03. The quantitative estimate of drug-likeness (QED) is 0.746. The Morgan fingerprint density at radius 3 is 2.68 bits per heavy atom. The van der Waals surface area contributed by atoms with Gasteiger partial charge in [-0.05, 0) is 44.3 Å². The maximum absolute atomic E-state index is 12.9. The Bertz CT molecular complexity index is 394. The highest BCUT2D eigenvalue weighted by atomic mass is 19.1. The van der Waals surface area contributed by atoms with Crippen LogP contribution in [0.4, 0.5) is 14.9 Å². The first-order chi connectivity index (χ1) is 9.15. The summed E-state index contributed by atoms with van der Waals surface area (Å²) < 4.78 is 12.9. The largest absolute Gasteiger partial charge is 0.338 e. The first kappa shape index (κ1) is 15.4. The summed E-state index contributed by atoms with van der Waals surface area (Å²) in [6.07, 6.45) is 0.901. The second kappa shape index (κ2) is 8.48. The van der Waals surface area contributed by atoms with Gasteiger partial charge in [0.15, 0.2) is 0 Å². The van der Waals surface area contributed by atoms with Gasteiger partial charge in [-0.25, -0.2) is 9.18 Å². The number of hydrogen-bond donors (Lipinski definition) is 2. The molecule has 0 aromatic heterocycles. The molecule has 0 heterocycles. The molecule has 0 saturated carbocycles. The van der Waals surface area contributed by atoms with E-state index in [1.54, 1.807) is 12.1 Å². The van der Waals surface area contributed by atoms with Crippen molar-refractivity contribution in [2.75, 3.05) is 31.5 Å². The van der Waals surface area contributed by atoms with Gasteiger partial charge in [-0.1, -0.05) is 19.9 Å². The molecule has 0 atom stereocenters. The third kappa shape index (κ3) is 6.20. The predicted octanol–water partition coefficient (Wildman–Crippen LogP) is 2.68. The van der Waals surface area contributed by atoms with Gasteiger partial charge in [-0.2, -0.15) is 0 Å². The third-order valence-electron chi connectivity index (χ3n) is 2.91.